The molecule has 1 aromatic carbocycles. The highest BCUT2D eigenvalue weighted by molar-refractivity contribution is 5.73. The first-order valence-corrected chi connectivity index (χ1v) is 10.4. The Morgan fingerprint density at radius 2 is 1.94 bits per heavy atom. The van der Waals surface area contributed by atoms with E-state index in [0.29, 0.717) is 29.1 Å². The first-order valence-electron chi connectivity index (χ1n) is 10.4. The number of halogens is 1. The molecule has 3 aromatic heterocycles. The second kappa shape index (κ2) is 7.41. The maximum Gasteiger partial charge on any atom is 0.166 e. The summed E-state index contributed by atoms with van der Waals surface area (Å²) in [5, 5.41) is 9.68. The maximum atomic E-state index is 14.4. The van der Waals surface area contributed by atoms with Gasteiger partial charge < -0.3 is 15.0 Å². The number of nitriles is 1. The van der Waals surface area contributed by atoms with E-state index in [0.717, 1.165) is 22.5 Å². The van der Waals surface area contributed by atoms with Crippen LogP contribution in [-0.4, -0.2) is 19.5 Å². The van der Waals surface area contributed by atoms with Crippen molar-refractivity contribution in [2.75, 3.05) is 5.73 Å². The standard InChI is InChI=1S/C25H21FN6O/c1-14-4-6-18-17-7-5-16(26)9-19(17)25(2,3)33-22-8-15(11-29-24(22)28)23-20(10-27)30-13-32(23)12-21(18)31-14/h4-9,11,13H,12H2,1-3H3,(H2,28,29). The molecular formula is C25H21FN6O. The van der Waals surface area contributed by atoms with Gasteiger partial charge in [-0.15, -0.1) is 0 Å². The average Bonchev–Trinajstić information content (AvgIpc) is 3.17. The highest BCUT2D eigenvalue weighted by atomic mass is 19.1. The van der Waals surface area contributed by atoms with E-state index in [1.165, 1.54) is 12.1 Å². The minimum atomic E-state index is -0.953. The van der Waals surface area contributed by atoms with Crippen molar-refractivity contribution >= 4 is 5.82 Å². The number of imidazole rings is 1. The van der Waals surface area contributed by atoms with E-state index in [1.54, 1.807) is 24.7 Å². The summed E-state index contributed by atoms with van der Waals surface area (Å²) in [5.74, 6) is 0.172. The number of hydrogen-bond acceptors (Lipinski definition) is 6. The van der Waals surface area contributed by atoms with Crippen LogP contribution in [0.5, 0.6) is 5.75 Å². The van der Waals surface area contributed by atoms with Crippen LogP contribution in [0.4, 0.5) is 10.2 Å². The Kier molecular flexibility index (Phi) is 4.64. The quantitative estimate of drug-likeness (QED) is 0.429. The summed E-state index contributed by atoms with van der Waals surface area (Å²) >= 11 is 0. The lowest BCUT2D eigenvalue weighted by atomic mass is 9.88. The molecule has 0 atom stereocenters. The third-order valence-electron chi connectivity index (χ3n) is 5.82. The van der Waals surface area contributed by atoms with Crippen molar-refractivity contribution in [3.63, 3.8) is 0 Å². The van der Waals surface area contributed by atoms with Gasteiger partial charge in [-0.2, -0.15) is 5.26 Å². The van der Waals surface area contributed by atoms with Crippen molar-refractivity contribution in [2.24, 2.45) is 0 Å². The number of aryl methyl sites for hydroxylation is 1. The number of hydrogen-bond donors (Lipinski definition) is 1. The van der Waals surface area contributed by atoms with Gasteiger partial charge in [-0.25, -0.2) is 14.4 Å². The number of nitrogen functional groups attached to an aromatic ring is 1. The Morgan fingerprint density at radius 3 is 2.73 bits per heavy atom. The molecule has 8 heteroatoms. The van der Waals surface area contributed by atoms with E-state index in [4.69, 9.17) is 15.5 Å². The molecule has 7 nitrogen and oxygen atoms in total. The summed E-state index contributed by atoms with van der Waals surface area (Å²) in [6.45, 7) is 5.99. The fourth-order valence-corrected chi connectivity index (χ4v) is 4.27. The zero-order chi connectivity index (χ0) is 23.3. The van der Waals surface area contributed by atoms with Crippen molar-refractivity contribution in [3.8, 4) is 34.2 Å². The molecule has 0 spiro atoms. The molecule has 33 heavy (non-hydrogen) atoms. The summed E-state index contributed by atoms with van der Waals surface area (Å²) in [4.78, 5) is 13.4. The molecule has 2 N–H and O–H groups in total. The van der Waals surface area contributed by atoms with Crippen LogP contribution in [0.15, 0.2) is 48.9 Å². The van der Waals surface area contributed by atoms with Gasteiger partial charge >= 0.3 is 0 Å². The van der Waals surface area contributed by atoms with Gasteiger partial charge in [0.2, 0.25) is 0 Å². The Hall–Kier alpha value is -4.25. The monoisotopic (exact) mass is 440 g/mol. The summed E-state index contributed by atoms with van der Waals surface area (Å²) in [7, 11) is 0. The van der Waals surface area contributed by atoms with Gasteiger partial charge in [0.1, 0.15) is 17.5 Å². The van der Waals surface area contributed by atoms with Crippen LogP contribution in [0, 0.1) is 24.1 Å². The van der Waals surface area contributed by atoms with Gasteiger partial charge in [-0.3, -0.25) is 4.98 Å². The van der Waals surface area contributed by atoms with Gasteiger partial charge in [-0.1, -0.05) is 12.1 Å². The SMILES string of the molecule is Cc1ccc2c(n1)Cn1cnc(C#N)c1-c1cnc(N)c(c1)OC(C)(C)c1cc(F)ccc1-2. The molecule has 4 aromatic rings. The zero-order valence-electron chi connectivity index (χ0n) is 18.4. The minimum Gasteiger partial charge on any atom is -0.479 e. The minimum absolute atomic E-state index is 0.198. The molecular weight excluding hydrogens is 419 g/mol. The van der Waals surface area contributed by atoms with Gasteiger partial charge in [-0.05, 0) is 50.6 Å². The normalized spacial score (nSPS) is 13.9. The van der Waals surface area contributed by atoms with Crippen LogP contribution >= 0.6 is 0 Å². The number of ether oxygens (including phenoxy) is 1. The van der Waals surface area contributed by atoms with Crippen molar-refractivity contribution in [1.29, 1.82) is 5.26 Å². The van der Waals surface area contributed by atoms with Crippen molar-refractivity contribution in [3.05, 3.63) is 77.4 Å². The number of fused-ring (bicyclic) bond motifs is 7. The molecule has 4 heterocycles. The molecule has 164 valence electrons. The smallest absolute Gasteiger partial charge is 0.166 e. The molecule has 5 rings (SSSR count). The number of anilines is 1. The molecule has 0 fully saturated rings. The number of nitrogens with zero attached hydrogens (tertiary/aromatic N) is 5. The van der Waals surface area contributed by atoms with Gasteiger partial charge in [0.25, 0.3) is 0 Å². The zero-order valence-corrected chi connectivity index (χ0v) is 18.4. The Labute approximate surface area is 190 Å². The van der Waals surface area contributed by atoms with Gasteiger partial charge in [0.05, 0.1) is 24.3 Å². The third kappa shape index (κ3) is 3.48. The third-order valence-corrected chi connectivity index (χ3v) is 5.82. The lowest BCUT2D eigenvalue weighted by Crippen LogP contribution is -2.27. The highest BCUT2D eigenvalue weighted by Gasteiger charge is 2.30. The van der Waals surface area contributed by atoms with E-state index in [1.807, 2.05) is 37.5 Å². The predicted molar refractivity (Wildman–Crippen MR) is 122 cm³/mol. The molecule has 1 aliphatic heterocycles. The Balaban J connectivity index is 1.87. The average molecular weight is 440 g/mol. The van der Waals surface area contributed by atoms with E-state index in [-0.39, 0.29) is 17.3 Å². The lowest BCUT2D eigenvalue weighted by Gasteiger charge is -2.30. The molecule has 0 unspecified atom stereocenters. The topological polar surface area (TPSA) is 103 Å². The van der Waals surface area contributed by atoms with Crippen LogP contribution < -0.4 is 10.5 Å². The van der Waals surface area contributed by atoms with Crippen molar-refractivity contribution in [2.45, 2.75) is 32.9 Å². The summed E-state index contributed by atoms with van der Waals surface area (Å²) < 4.78 is 22.6. The molecule has 2 bridgehead atoms. The largest absolute Gasteiger partial charge is 0.479 e. The van der Waals surface area contributed by atoms with E-state index < -0.39 is 5.60 Å². The van der Waals surface area contributed by atoms with Crippen LogP contribution in [0.25, 0.3) is 22.4 Å². The van der Waals surface area contributed by atoms with Crippen LogP contribution in [0.2, 0.25) is 0 Å². The van der Waals surface area contributed by atoms with Crippen LogP contribution in [0.1, 0.15) is 36.5 Å². The fraction of sp³-hybridized carbons (Fsp3) is 0.200. The summed E-state index contributed by atoms with van der Waals surface area (Å²) in [5.41, 5.74) is 10.6. The second-order valence-corrected chi connectivity index (χ2v) is 8.54. The highest BCUT2D eigenvalue weighted by Crippen LogP contribution is 2.40. The fourth-order valence-electron chi connectivity index (χ4n) is 4.27. The van der Waals surface area contributed by atoms with E-state index in [2.05, 4.69) is 16.0 Å². The van der Waals surface area contributed by atoms with Crippen molar-refractivity contribution < 1.29 is 9.13 Å². The van der Waals surface area contributed by atoms with Gasteiger partial charge in [0, 0.05) is 28.6 Å². The first-order chi connectivity index (χ1) is 15.8. The van der Waals surface area contributed by atoms with Crippen LogP contribution in [0.3, 0.4) is 0 Å². The molecule has 0 aliphatic carbocycles. The molecule has 0 amide bonds. The predicted octanol–water partition coefficient (Wildman–Crippen LogP) is 4.58. The number of rotatable bonds is 0. The van der Waals surface area contributed by atoms with Crippen LogP contribution in [-0.2, 0) is 12.1 Å². The van der Waals surface area contributed by atoms with E-state index >= 15 is 0 Å². The van der Waals surface area contributed by atoms with Crippen molar-refractivity contribution in [1.82, 2.24) is 19.5 Å². The summed E-state index contributed by atoms with van der Waals surface area (Å²) in [6.07, 6.45) is 3.20. The maximum absolute atomic E-state index is 14.4. The number of nitrogens with two attached hydrogens (primary N) is 1. The van der Waals surface area contributed by atoms with Gasteiger partial charge in [0.15, 0.2) is 17.3 Å². The van der Waals surface area contributed by atoms with E-state index in [9.17, 15) is 9.65 Å². The molecule has 0 radical (unpaired) electrons. The lowest BCUT2D eigenvalue weighted by molar-refractivity contribution is 0.109. The number of pyridine rings is 2. The number of aromatic nitrogens is 4. The Morgan fingerprint density at radius 1 is 1.15 bits per heavy atom. The first kappa shape index (κ1) is 20.6. The molecule has 0 saturated carbocycles. The summed E-state index contributed by atoms with van der Waals surface area (Å²) in [6, 6.07) is 12.4. The second-order valence-electron chi connectivity index (χ2n) is 8.54. The molecule has 1 aliphatic rings. The Bertz CT molecular complexity index is 1450. The molecule has 0 saturated heterocycles. The number of benzene rings is 1.